The Morgan fingerprint density at radius 1 is 1.08 bits per heavy atom. The van der Waals surface area contributed by atoms with Crippen LogP contribution in [0.15, 0.2) is 46.9 Å². The van der Waals surface area contributed by atoms with E-state index in [0.717, 1.165) is 11.2 Å². The number of ketones is 1. The zero-order chi connectivity index (χ0) is 18.0. The number of oxazole rings is 1. The Hall–Kier alpha value is -3.15. The van der Waals surface area contributed by atoms with Crippen molar-refractivity contribution >= 4 is 34.2 Å². The number of Topliss-reactive ketones (excluding diaryl/α,β-unsaturated/α-hetero) is 1. The van der Waals surface area contributed by atoms with Gasteiger partial charge in [0.1, 0.15) is 11.6 Å². The van der Waals surface area contributed by atoms with Gasteiger partial charge in [-0.1, -0.05) is 0 Å². The maximum Gasteiger partial charge on any atom is 0.246 e. The molecule has 1 atom stereocenters. The maximum atomic E-state index is 12.3. The van der Waals surface area contributed by atoms with Crippen LogP contribution in [0.1, 0.15) is 30.1 Å². The molecule has 1 heterocycles. The van der Waals surface area contributed by atoms with Crippen LogP contribution in [-0.2, 0) is 4.79 Å². The molecule has 0 fully saturated rings. The molecule has 0 unspecified atom stereocenters. The van der Waals surface area contributed by atoms with Crippen LogP contribution >= 0.6 is 0 Å². The van der Waals surface area contributed by atoms with Crippen LogP contribution in [0.5, 0.6) is 0 Å². The van der Waals surface area contributed by atoms with E-state index in [2.05, 4.69) is 15.6 Å². The van der Waals surface area contributed by atoms with E-state index >= 15 is 0 Å². The highest BCUT2D eigenvalue weighted by atomic mass is 16.3. The number of hydrogen-bond donors (Lipinski definition) is 2. The third-order valence-electron chi connectivity index (χ3n) is 3.83. The first kappa shape index (κ1) is 16.7. The molecular weight excluding hydrogens is 318 g/mol. The second kappa shape index (κ2) is 6.76. The van der Waals surface area contributed by atoms with Crippen LogP contribution < -0.4 is 10.6 Å². The molecule has 25 heavy (non-hydrogen) atoms. The van der Waals surface area contributed by atoms with Crippen molar-refractivity contribution < 1.29 is 14.0 Å². The molecule has 2 aromatic carbocycles. The standard InChI is InChI=1S/C19H19N3O3/c1-11(19(24)22-15-6-4-14(5-7-15)12(2)23)20-16-8-9-18-17(10-16)21-13(3)25-18/h4-11,20H,1-3H3,(H,22,24)/t11-/m1/s1. The van der Waals surface area contributed by atoms with Crippen molar-refractivity contribution in [2.75, 3.05) is 10.6 Å². The first-order valence-electron chi connectivity index (χ1n) is 7.98. The Kier molecular flexibility index (Phi) is 4.52. The number of carbonyl (C=O) groups excluding carboxylic acids is 2. The van der Waals surface area contributed by atoms with E-state index in [1.807, 2.05) is 18.2 Å². The highest BCUT2D eigenvalue weighted by Gasteiger charge is 2.14. The summed E-state index contributed by atoms with van der Waals surface area (Å²) < 4.78 is 5.44. The zero-order valence-corrected chi connectivity index (χ0v) is 14.3. The van der Waals surface area contributed by atoms with Gasteiger partial charge in [0.25, 0.3) is 0 Å². The summed E-state index contributed by atoms with van der Waals surface area (Å²) >= 11 is 0. The summed E-state index contributed by atoms with van der Waals surface area (Å²) in [5.41, 5.74) is 3.50. The van der Waals surface area contributed by atoms with Crippen LogP contribution in [0.2, 0.25) is 0 Å². The van der Waals surface area contributed by atoms with Gasteiger partial charge in [-0.25, -0.2) is 4.98 Å². The topological polar surface area (TPSA) is 84.2 Å². The van der Waals surface area contributed by atoms with Crippen LogP contribution in [0.4, 0.5) is 11.4 Å². The molecular formula is C19H19N3O3. The van der Waals surface area contributed by atoms with E-state index in [1.165, 1.54) is 6.92 Å². The first-order valence-corrected chi connectivity index (χ1v) is 7.98. The fraction of sp³-hybridized carbons (Fsp3) is 0.211. The van der Waals surface area contributed by atoms with Gasteiger partial charge < -0.3 is 15.1 Å². The predicted molar refractivity (Wildman–Crippen MR) is 96.9 cm³/mol. The Balaban J connectivity index is 1.65. The second-order valence-electron chi connectivity index (χ2n) is 5.90. The number of aromatic nitrogens is 1. The number of fused-ring (bicyclic) bond motifs is 1. The summed E-state index contributed by atoms with van der Waals surface area (Å²) in [6, 6.07) is 11.9. The molecule has 1 aromatic heterocycles. The number of nitrogens with zero attached hydrogens (tertiary/aromatic N) is 1. The quantitative estimate of drug-likeness (QED) is 0.692. The Morgan fingerprint density at radius 3 is 2.44 bits per heavy atom. The van der Waals surface area contributed by atoms with Gasteiger partial charge in [0, 0.05) is 23.9 Å². The van der Waals surface area contributed by atoms with Crippen molar-refractivity contribution in [2.24, 2.45) is 0 Å². The molecule has 1 amide bonds. The fourth-order valence-corrected chi connectivity index (χ4v) is 2.49. The summed E-state index contributed by atoms with van der Waals surface area (Å²) in [7, 11) is 0. The average molecular weight is 337 g/mol. The monoisotopic (exact) mass is 337 g/mol. The first-order chi connectivity index (χ1) is 11.9. The average Bonchev–Trinajstić information content (AvgIpc) is 2.94. The minimum absolute atomic E-state index is 0.00797. The van der Waals surface area contributed by atoms with Gasteiger partial charge >= 0.3 is 0 Å². The molecule has 0 spiro atoms. The van der Waals surface area contributed by atoms with Gasteiger partial charge in [-0.2, -0.15) is 0 Å². The highest BCUT2D eigenvalue weighted by molar-refractivity contribution is 5.98. The van der Waals surface area contributed by atoms with E-state index in [1.54, 1.807) is 38.1 Å². The molecule has 0 aliphatic carbocycles. The largest absolute Gasteiger partial charge is 0.441 e. The van der Waals surface area contributed by atoms with Gasteiger partial charge in [0.2, 0.25) is 5.91 Å². The summed E-state index contributed by atoms with van der Waals surface area (Å²) in [5.74, 6) is 0.422. The van der Waals surface area contributed by atoms with Crippen LogP contribution in [0.3, 0.4) is 0 Å². The molecule has 3 aromatic rings. The van der Waals surface area contributed by atoms with Crippen molar-refractivity contribution in [3.63, 3.8) is 0 Å². The summed E-state index contributed by atoms with van der Waals surface area (Å²) in [4.78, 5) is 27.9. The Morgan fingerprint density at radius 2 is 1.76 bits per heavy atom. The summed E-state index contributed by atoms with van der Waals surface area (Å²) in [6.07, 6.45) is 0. The number of benzene rings is 2. The molecule has 0 aliphatic rings. The van der Waals surface area contributed by atoms with Crippen molar-refractivity contribution in [2.45, 2.75) is 26.8 Å². The number of aryl methyl sites for hydroxylation is 1. The lowest BCUT2D eigenvalue weighted by atomic mass is 10.1. The van der Waals surface area contributed by atoms with Gasteiger partial charge in [-0.05, 0) is 56.3 Å². The van der Waals surface area contributed by atoms with Crippen LogP contribution in [0, 0.1) is 6.92 Å². The SMILES string of the molecule is CC(=O)c1ccc(NC(=O)[C@@H](C)Nc2ccc3oc(C)nc3c2)cc1. The second-order valence-corrected chi connectivity index (χ2v) is 5.90. The molecule has 0 radical (unpaired) electrons. The van der Waals surface area contributed by atoms with E-state index in [-0.39, 0.29) is 11.7 Å². The molecule has 0 bridgehead atoms. The molecule has 0 saturated carbocycles. The van der Waals surface area contributed by atoms with Crippen molar-refractivity contribution in [1.82, 2.24) is 4.98 Å². The lowest BCUT2D eigenvalue weighted by Gasteiger charge is -2.15. The number of carbonyl (C=O) groups is 2. The highest BCUT2D eigenvalue weighted by Crippen LogP contribution is 2.20. The van der Waals surface area contributed by atoms with Crippen molar-refractivity contribution in [3.05, 3.63) is 53.9 Å². The normalized spacial score (nSPS) is 12.0. The lowest BCUT2D eigenvalue weighted by molar-refractivity contribution is -0.116. The van der Waals surface area contributed by atoms with E-state index in [9.17, 15) is 9.59 Å². The minimum Gasteiger partial charge on any atom is -0.441 e. The van der Waals surface area contributed by atoms with Crippen molar-refractivity contribution in [1.29, 1.82) is 0 Å². The van der Waals surface area contributed by atoms with Gasteiger partial charge in [0.05, 0.1) is 0 Å². The molecule has 0 aliphatic heterocycles. The third kappa shape index (κ3) is 3.85. The smallest absolute Gasteiger partial charge is 0.246 e. The van der Waals surface area contributed by atoms with Gasteiger partial charge in [-0.15, -0.1) is 0 Å². The molecule has 6 heteroatoms. The van der Waals surface area contributed by atoms with E-state index in [4.69, 9.17) is 4.42 Å². The molecule has 128 valence electrons. The third-order valence-corrected chi connectivity index (χ3v) is 3.83. The van der Waals surface area contributed by atoms with Crippen molar-refractivity contribution in [3.8, 4) is 0 Å². The zero-order valence-electron chi connectivity index (χ0n) is 14.3. The van der Waals surface area contributed by atoms with E-state index < -0.39 is 6.04 Å². The number of rotatable bonds is 5. The lowest BCUT2D eigenvalue weighted by Crippen LogP contribution is -2.31. The number of amides is 1. The Bertz CT molecular complexity index is 929. The molecule has 3 rings (SSSR count). The predicted octanol–water partition coefficient (Wildman–Crippen LogP) is 3.78. The maximum absolute atomic E-state index is 12.3. The number of hydrogen-bond acceptors (Lipinski definition) is 5. The van der Waals surface area contributed by atoms with Crippen LogP contribution in [-0.4, -0.2) is 22.7 Å². The molecule has 0 saturated heterocycles. The van der Waals surface area contributed by atoms with Gasteiger partial charge in [-0.3, -0.25) is 9.59 Å². The Labute approximate surface area is 145 Å². The molecule has 2 N–H and O–H groups in total. The molecule has 6 nitrogen and oxygen atoms in total. The summed E-state index contributed by atoms with van der Waals surface area (Å²) in [5, 5.41) is 5.97. The number of anilines is 2. The fourth-order valence-electron chi connectivity index (χ4n) is 2.49. The minimum atomic E-state index is -0.446. The summed E-state index contributed by atoms with van der Waals surface area (Å²) in [6.45, 7) is 5.07. The van der Waals surface area contributed by atoms with Gasteiger partial charge in [0.15, 0.2) is 17.3 Å². The van der Waals surface area contributed by atoms with Crippen LogP contribution in [0.25, 0.3) is 11.1 Å². The van der Waals surface area contributed by atoms with E-state index in [0.29, 0.717) is 22.7 Å². The number of nitrogens with one attached hydrogen (secondary N) is 2.